The molecule has 60 heavy (non-hydrogen) atoms. The molecule has 308 valence electrons. The highest BCUT2D eigenvalue weighted by Crippen LogP contribution is 2.42. The Morgan fingerprint density at radius 1 is 0.700 bits per heavy atom. The topological polar surface area (TPSA) is 153 Å². The summed E-state index contributed by atoms with van der Waals surface area (Å²) in [7, 11) is 6.44. The van der Waals surface area contributed by atoms with Crippen LogP contribution >= 0.6 is 0 Å². The molecule has 3 amide bonds. The predicted octanol–water partition coefficient (Wildman–Crippen LogP) is 7.05. The van der Waals surface area contributed by atoms with Crippen LogP contribution in [-0.2, 0) is 4.79 Å². The van der Waals surface area contributed by atoms with E-state index in [2.05, 4.69) is 10.6 Å². The zero-order valence-corrected chi connectivity index (χ0v) is 34.1. The van der Waals surface area contributed by atoms with Crippen LogP contribution < -0.4 is 34.3 Å². The molecule has 0 unspecified atom stereocenters. The van der Waals surface area contributed by atoms with E-state index >= 15 is 0 Å². The van der Waals surface area contributed by atoms with Gasteiger partial charge in [-0.2, -0.15) is 0 Å². The molecule has 0 spiro atoms. The Morgan fingerprint density at radius 3 is 1.63 bits per heavy atom. The molecule has 0 bridgehead atoms. The number of hydrogen-bond donors (Lipinski definition) is 2. The average molecular weight is 811 g/mol. The van der Waals surface area contributed by atoms with E-state index in [9.17, 15) is 14.4 Å². The van der Waals surface area contributed by atoms with Crippen LogP contribution in [0.3, 0.4) is 0 Å². The third kappa shape index (κ3) is 7.93. The number of nitrogens with one attached hydrogen (secondary N) is 2. The van der Waals surface area contributed by atoms with Gasteiger partial charge in [-0.15, -0.1) is 0 Å². The number of ether oxygens (including phenoxy) is 5. The maximum atomic E-state index is 13.9. The number of fused-ring (bicyclic) bond motifs is 4. The zero-order chi connectivity index (χ0) is 41.9. The lowest BCUT2D eigenvalue weighted by Crippen LogP contribution is -2.35. The highest BCUT2D eigenvalue weighted by molar-refractivity contribution is 6.06. The molecule has 0 aromatic heterocycles. The summed E-state index contributed by atoms with van der Waals surface area (Å²) in [6.45, 7) is 2.37. The first-order valence-electron chi connectivity index (χ1n) is 19.8. The van der Waals surface area contributed by atoms with E-state index in [1.54, 1.807) is 67.6 Å². The molecular weight excluding hydrogens is 765 g/mol. The van der Waals surface area contributed by atoms with Gasteiger partial charge in [0.05, 0.1) is 75.2 Å². The number of carbonyl (C=O) groups excluding carboxylic acids is 3. The second kappa shape index (κ2) is 17.1. The molecule has 3 atom stereocenters. The standard InChI is InChI=1S/C46H46N6O8/c1-27(47-2)44(53)50-32-11-7-28(8-12-32)30-17-33-23-48-38-21-42(40(57-4)19-36(38)45(54)51(33)25-30)59-15-6-16-60-43-22-39-37(20-41(43)58-5)46(55)52-26-31(18-34(52)24-49-39)29-9-13-35(56-3)14-10-29/h7-14,19-27,33-34,47H,6,15-18H2,1-5H3,(H,50,53)/t27-,33-,34-/m0/s1. The van der Waals surface area contributed by atoms with Gasteiger partial charge >= 0.3 is 0 Å². The molecule has 0 saturated heterocycles. The van der Waals surface area contributed by atoms with Gasteiger partial charge in [-0.05, 0) is 72.6 Å². The molecule has 8 rings (SSSR count). The second-order valence-electron chi connectivity index (χ2n) is 14.7. The van der Waals surface area contributed by atoms with Crippen molar-refractivity contribution in [2.24, 2.45) is 9.98 Å². The summed E-state index contributed by atoms with van der Waals surface area (Å²) in [6, 6.07) is 21.4. The van der Waals surface area contributed by atoms with E-state index < -0.39 is 0 Å². The van der Waals surface area contributed by atoms with E-state index in [0.29, 0.717) is 70.4 Å². The minimum absolute atomic E-state index is 0.119. The first-order valence-corrected chi connectivity index (χ1v) is 19.8. The SMILES string of the molecule is CN[C@@H](C)C(=O)Nc1ccc(C2=CN3C(=O)c4cc(OC)c(OCCCOc5cc6c(cc5OC)C(=O)N5C=C(c7ccc(OC)cc7)C[C@H]5C=N6)cc4N=C[C@@H]3C2)cc1. The van der Waals surface area contributed by atoms with E-state index in [1.165, 1.54) is 14.2 Å². The van der Waals surface area contributed by atoms with Crippen LogP contribution in [0.25, 0.3) is 11.1 Å². The number of hydrogen-bond acceptors (Lipinski definition) is 11. The number of methoxy groups -OCH3 is 3. The molecule has 14 heteroatoms. The zero-order valence-electron chi connectivity index (χ0n) is 34.1. The van der Waals surface area contributed by atoms with Gasteiger partial charge < -0.3 is 44.1 Å². The molecular formula is C46H46N6O8. The number of likely N-dealkylation sites (N-methyl/N-ethyl adjacent to an activating group) is 1. The number of nitrogens with zero attached hydrogens (tertiary/aromatic N) is 4. The number of rotatable bonds is 14. The summed E-state index contributed by atoms with van der Waals surface area (Å²) in [4.78, 5) is 52.8. The molecule has 2 N–H and O–H groups in total. The first kappa shape index (κ1) is 39.9. The van der Waals surface area contributed by atoms with Crippen molar-refractivity contribution in [2.45, 2.75) is 44.3 Å². The van der Waals surface area contributed by atoms with Crippen LogP contribution in [0, 0.1) is 0 Å². The average Bonchev–Trinajstić information content (AvgIpc) is 3.86. The van der Waals surface area contributed by atoms with E-state index in [0.717, 1.165) is 28.0 Å². The normalized spacial score (nSPS) is 17.9. The lowest BCUT2D eigenvalue weighted by molar-refractivity contribution is -0.117. The van der Waals surface area contributed by atoms with Gasteiger partial charge in [0.1, 0.15) is 5.75 Å². The highest BCUT2D eigenvalue weighted by atomic mass is 16.5. The Bertz CT molecular complexity index is 2440. The Morgan fingerprint density at radius 2 is 1.18 bits per heavy atom. The largest absolute Gasteiger partial charge is 0.497 e. The van der Waals surface area contributed by atoms with Gasteiger partial charge in [-0.1, -0.05) is 24.3 Å². The van der Waals surface area contributed by atoms with Gasteiger partial charge in [0, 0.05) is 61.9 Å². The fraction of sp³-hybridized carbons (Fsp3) is 0.283. The summed E-state index contributed by atoms with van der Waals surface area (Å²) < 4.78 is 28.9. The van der Waals surface area contributed by atoms with Crippen LogP contribution in [0.1, 0.15) is 58.0 Å². The van der Waals surface area contributed by atoms with E-state index in [4.69, 9.17) is 33.7 Å². The fourth-order valence-electron chi connectivity index (χ4n) is 7.52. The van der Waals surface area contributed by atoms with Crippen LogP contribution in [0.5, 0.6) is 28.7 Å². The minimum atomic E-state index is -0.316. The van der Waals surface area contributed by atoms with E-state index in [-0.39, 0.29) is 49.1 Å². The number of benzene rings is 4. The van der Waals surface area contributed by atoms with E-state index in [1.807, 2.05) is 60.9 Å². The molecule has 4 aromatic carbocycles. The molecule has 4 aliphatic rings. The molecule has 4 aliphatic heterocycles. The first-order chi connectivity index (χ1) is 29.2. The summed E-state index contributed by atoms with van der Waals surface area (Å²) in [5.74, 6) is 2.05. The van der Waals surface area contributed by atoms with Crippen molar-refractivity contribution in [3.8, 4) is 28.7 Å². The highest BCUT2D eigenvalue weighted by Gasteiger charge is 2.35. The third-order valence-corrected chi connectivity index (χ3v) is 11.0. The minimum Gasteiger partial charge on any atom is -0.497 e. The van der Waals surface area contributed by atoms with Crippen LogP contribution in [0.2, 0.25) is 0 Å². The Balaban J connectivity index is 0.887. The Hall–Kier alpha value is -6.93. The van der Waals surface area contributed by atoms with Crippen molar-refractivity contribution in [1.29, 1.82) is 0 Å². The van der Waals surface area contributed by atoms with Gasteiger partial charge in [0.25, 0.3) is 11.8 Å². The Labute approximate surface area is 348 Å². The maximum Gasteiger partial charge on any atom is 0.260 e. The van der Waals surface area contributed by atoms with Crippen molar-refractivity contribution < 1.29 is 38.1 Å². The van der Waals surface area contributed by atoms with Gasteiger partial charge in [0.15, 0.2) is 23.0 Å². The van der Waals surface area contributed by atoms with Crippen molar-refractivity contribution in [3.63, 3.8) is 0 Å². The molecule has 14 nitrogen and oxygen atoms in total. The molecule has 4 aromatic rings. The van der Waals surface area contributed by atoms with Crippen LogP contribution in [0.15, 0.2) is 95.2 Å². The summed E-state index contributed by atoms with van der Waals surface area (Å²) in [5.41, 5.74) is 6.53. The molecule has 0 saturated carbocycles. The lowest BCUT2D eigenvalue weighted by Gasteiger charge is -2.19. The maximum absolute atomic E-state index is 13.9. The monoisotopic (exact) mass is 810 g/mol. The van der Waals surface area contributed by atoms with Gasteiger partial charge in [0.2, 0.25) is 5.91 Å². The Kier molecular flexibility index (Phi) is 11.4. The smallest absolute Gasteiger partial charge is 0.260 e. The van der Waals surface area contributed by atoms with Crippen LogP contribution in [-0.4, -0.2) is 99.7 Å². The predicted molar refractivity (Wildman–Crippen MR) is 230 cm³/mol. The fourth-order valence-corrected chi connectivity index (χ4v) is 7.52. The van der Waals surface area contributed by atoms with Gasteiger partial charge in [-0.3, -0.25) is 24.4 Å². The van der Waals surface area contributed by atoms with Crippen molar-refractivity contribution >= 4 is 58.4 Å². The van der Waals surface area contributed by atoms with Crippen molar-refractivity contribution in [2.75, 3.05) is 46.9 Å². The molecule has 4 heterocycles. The molecule has 0 radical (unpaired) electrons. The van der Waals surface area contributed by atoms with Crippen molar-refractivity contribution in [3.05, 3.63) is 107 Å². The number of amides is 3. The van der Waals surface area contributed by atoms with Crippen molar-refractivity contribution in [1.82, 2.24) is 15.1 Å². The summed E-state index contributed by atoms with van der Waals surface area (Å²) in [6.07, 6.45) is 9.09. The quantitative estimate of drug-likeness (QED) is 0.128. The number of aliphatic imine (C=N–C) groups is 2. The molecule has 0 aliphatic carbocycles. The molecule has 0 fully saturated rings. The summed E-state index contributed by atoms with van der Waals surface area (Å²) in [5, 5.41) is 5.83. The van der Waals surface area contributed by atoms with Crippen LogP contribution in [0.4, 0.5) is 17.1 Å². The summed E-state index contributed by atoms with van der Waals surface area (Å²) >= 11 is 0. The van der Waals surface area contributed by atoms with Gasteiger partial charge in [-0.25, -0.2) is 0 Å². The number of carbonyl (C=O) groups is 3. The second-order valence-corrected chi connectivity index (χ2v) is 14.7. The number of anilines is 1. The lowest BCUT2D eigenvalue weighted by atomic mass is 10.0. The third-order valence-electron chi connectivity index (χ3n) is 11.0.